The average molecular weight is 391 g/mol. The summed E-state index contributed by atoms with van der Waals surface area (Å²) in [6.45, 7) is 6.53. The molecule has 2 aliphatic rings. The van der Waals surface area contributed by atoms with Crippen molar-refractivity contribution in [2.75, 3.05) is 38.1 Å². The van der Waals surface area contributed by atoms with Crippen molar-refractivity contribution in [2.45, 2.75) is 26.4 Å². The minimum absolute atomic E-state index is 0.0933. The first-order chi connectivity index (χ1) is 14.1. The van der Waals surface area contributed by atoms with Crippen LogP contribution < -0.4 is 4.90 Å². The fourth-order valence-electron chi connectivity index (χ4n) is 3.93. The standard InChI is InChI=1S/C21H25N7O/c1-16-19(14-28-21(25(16)2)23-15-24-28)20(29)27-9-3-8-26(10-11-27)13-18-6-4-17(12-22)5-7-18/h4-7,15H,3,8-11,13-14H2,1-2H3. The van der Waals surface area contributed by atoms with Gasteiger partial charge in [0.15, 0.2) is 0 Å². The number of nitrogens with zero attached hydrogens (tertiary/aromatic N) is 7. The summed E-state index contributed by atoms with van der Waals surface area (Å²) in [6, 6.07) is 9.88. The maximum Gasteiger partial charge on any atom is 0.253 e. The molecule has 8 nitrogen and oxygen atoms in total. The molecular weight excluding hydrogens is 366 g/mol. The second-order valence-electron chi connectivity index (χ2n) is 7.57. The zero-order chi connectivity index (χ0) is 20.4. The van der Waals surface area contributed by atoms with Gasteiger partial charge in [-0.25, -0.2) is 4.68 Å². The summed E-state index contributed by atoms with van der Waals surface area (Å²) in [6.07, 6.45) is 2.47. The number of anilines is 1. The smallest absolute Gasteiger partial charge is 0.253 e. The molecule has 3 heterocycles. The first-order valence-corrected chi connectivity index (χ1v) is 9.89. The molecule has 1 amide bonds. The number of hydrogen-bond acceptors (Lipinski definition) is 6. The van der Waals surface area contributed by atoms with E-state index in [2.05, 4.69) is 21.1 Å². The zero-order valence-electron chi connectivity index (χ0n) is 16.9. The SMILES string of the molecule is CC1=C(C(=O)N2CCCN(Cc3ccc(C#N)cc3)CC2)Cn2ncnc2N1C. The first kappa shape index (κ1) is 19.2. The summed E-state index contributed by atoms with van der Waals surface area (Å²) in [4.78, 5) is 23.8. The third-order valence-corrected chi connectivity index (χ3v) is 5.77. The molecule has 0 unspecified atom stereocenters. The number of carbonyl (C=O) groups is 1. The van der Waals surface area contributed by atoms with Crippen LogP contribution in [0.1, 0.15) is 24.5 Å². The van der Waals surface area contributed by atoms with E-state index in [0.29, 0.717) is 18.7 Å². The predicted octanol–water partition coefficient (Wildman–Crippen LogP) is 1.61. The van der Waals surface area contributed by atoms with Gasteiger partial charge in [0.1, 0.15) is 6.33 Å². The van der Waals surface area contributed by atoms with Gasteiger partial charge in [-0.1, -0.05) is 12.1 Å². The van der Waals surface area contributed by atoms with Crippen molar-refractivity contribution in [1.82, 2.24) is 24.6 Å². The minimum Gasteiger partial charge on any atom is -0.337 e. The fraction of sp³-hybridized carbons (Fsp3) is 0.429. The van der Waals surface area contributed by atoms with E-state index in [1.54, 1.807) is 4.68 Å². The molecule has 0 bridgehead atoms. The molecule has 29 heavy (non-hydrogen) atoms. The molecule has 1 aromatic heterocycles. The molecule has 0 atom stereocenters. The molecule has 150 valence electrons. The Hall–Kier alpha value is -3.18. The summed E-state index contributed by atoms with van der Waals surface area (Å²) >= 11 is 0. The van der Waals surface area contributed by atoms with E-state index in [9.17, 15) is 4.79 Å². The summed E-state index contributed by atoms with van der Waals surface area (Å²) in [5.41, 5.74) is 3.59. The normalized spacial score (nSPS) is 17.7. The zero-order valence-corrected chi connectivity index (χ0v) is 16.9. The van der Waals surface area contributed by atoms with Gasteiger partial charge in [0.25, 0.3) is 5.91 Å². The molecule has 4 rings (SSSR count). The van der Waals surface area contributed by atoms with Crippen LogP contribution in [0, 0.1) is 11.3 Å². The Balaban J connectivity index is 1.41. The highest BCUT2D eigenvalue weighted by Crippen LogP contribution is 2.25. The molecule has 2 aliphatic heterocycles. The summed E-state index contributed by atoms with van der Waals surface area (Å²) < 4.78 is 1.77. The molecule has 2 aromatic rings. The molecule has 0 radical (unpaired) electrons. The van der Waals surface area contributed by atoms with E-state index < -0.39 is 0 Å². The Kier molecular flexibility index (Phi) is 5.32. The molecule has 1 aromatic carbocycles. The van der Waals surface area contributed by atoms with Crippen molar-refractivity contribution in [3.05, 3.63) is 53.0 Å². The Bertz CT molecular complexity index is 970. The second-order valence-corrected chi connectivity index (χ2v) is 7.57. The monoisotopic (exact) mass is 391 g/mol. The highest BCUT2D eigenvalue weighted by Gasteiger charge is 2.29. The molecule has 0 N–H and O–H groups in total. The van der Waals surface area contributed by atoms with Gasteiger partial charge in [-0.05, 0) is 31.0 Å². The topological polar surface area (TPSA) is 81.3 Å². The maximum absolute atomic E-state index is 13.3. The van der Waals surface area contributed by atoms with Gasteiger partial charge >= 0.3 is 0 Å². The van der Waals surface area contributed by atoms with Crippen molar-refractivity contribution in [3.8, 4) is 6.07 Å². The molecule has 0 spiro atoms. The van der Waals surface area contributed by atoms with E-state index in [1.807, 2.05) is 48.0 Å². The van der Waals surface area contributed by atoms with Crippen molar-refractivity contribution < 1.29 is 4.79 Å². The minimum atomic E-state index is 0.0933. The van der Waals surface area contributed by atoms with Crippen LogP contribution in [0.2, 0.25) is 0 Å². The van der Waals surface area contributed by atoms with Crippen LogP contribution >= 0.6 is 0 Å². The number of rotatable bonds is 3. The summed E-state index contributed by atoms with van der Waals surface area (Å²) in [7, 11) is 1.92. The van der Waals surface area contributed by atoms with Crippen LogP contribution in [0.3, 0.4) is 0 Å². The van der Waals surface area contributed by atoms with E-state index in [1.165, 1.54) is 11.9 Å². The number of allylic oxidation sites excluding steroid dienone is 1. The number of benzene rings is 1. The van der Waals surface area contributed by atoms with Crippen LogP contribution in [-0.2, 0) is 17.9 Å². The van der Waals surface area contributed by atoms with Gasteiger partial charge in [-0.2, -0.15) is 15.3 Å². The van der Waals surface area contributed by atoms with Crippen LogP contribution in [-0.4, -0.2) is 63.7 Å². The number of hydrogen-bond donors (Lipinski definition) is 0. The Morgan fingerprint density at radius 2 is 1.97 bits per heavy atom. The fourth-order valence-corrected chi connectivity index (χ4v) is 3.93. The van der Waals surface area contributed by atoms with E-state index in [0.717, 1.165) is 49.8 Å². The molecule has 8 heteroatoms. The Morgan fingerprint density at radius 3 is 2.72 bits per heavy atom. The average Bonchev–Trinajstić information content (AvgIpc) is 3.09. The lowest BCUT2D eigenvalue weighted by Crippen LogP contribution is -2.40. The second kappa shape index (κ2) is 8.05. The van der Waals surface area contributed by atoms with Crippen molar-refractivity contribution in [1.29, 1.82) is 5.26 Å². The largest absolute Gasteiger partial charge is 0.337 e. The van der Waals surface area contributed by atoms with Crippen LogP contribution in [0.4, 0.5) is 5.95 Å². The first-order valence-electron chi connectivity index (χ1n) is 9.89. The molecule has 0 saturated carbocycles. The lowest BCUT2D eigenvalue weighted by molar-refractivity contribution is -0.127. The maximum atomic E-state index is 13.3. The van der Waals surface area contributed by atoms with Gasteiger partial charge in [0.05, 0.1) is 23.8 Å². The van der Waals surface area contributed by atoms with Crippen molar-refractivity contribution >= 4 is 11.9 Å². The highest BCUT2D eigenvalue weighted by molar-refractivity contribution is 5.95. The summed E-state index contributed by atoms with van der Waals surface area (Å²) in [5, 5.41) is 13.2. The summed E-state index contributed by atoms with van der Waals surface area (Å²) in [5.74, 6) is 0.860. The molecule has 1 saturated heterocycles. The lowest BCUT2D eigenvalue weighted by Gasteiger charge is -2.30. The Labute approximate surface area is 170 Å². The number of nitriles is 1. The number of amides is 1. The van der Waals surface area contributed by atoms with E-state index in [4.69, 9.17) is 5.26 Å². The van der Waals surface area contributed by atoms with Crippen LogP contribution in [0.15, 0.2) is 41.9 Å². The van der Waals surface area contributed by atoms with Crippen molar-refractivity contribution in [3.63, 3.8) is 0 Å². The number of carbonyl (C=O) groups excluding carboxylic acids is 1. The Morgan fingerprint density at radius 1 is 1.17 bits per heavy atom. The third-order valence-electron chi connectivity index (χ3n) is 5.77. The number of aromatic nitrogens is 3. The van der Waals surface area contributed by atoms with Gasteiger partial charge in [0.2, 0.25) is 5.95 Å². The predicted molar refractivity (Wildman–Crippen MR) is 109 cm³/mol. The molecule has 1 fully saturated rings. The van der Waals surface area contributed by atoms with Crippen LogP contribution in [0.5, 0.6) is 0 Å². The lowest BCUT2D eigenvalue weighted by atomic mass is 10.1. The van der Waals surface area contributed by atoms with Gasteiger partial charge in [0, 0.05) is 45.5 Å². The molecular formula is C21H25N7O. The van der Waals surface area contributed by atoms with Gasteiger partial charge in [-0.15, -0.1) is 0 Å². The van der Waals surface area contributed by atoms with E-state index in [-0.39, 0.29) is 5.91 Å². The molecule has 0 aliphatic carbocycles. The van der Waals surface area contributed by atoms with E-state index >= 15 is 0 Å². The van der Waals surface area contributed by atoms with Gasteiger partial charge in [-0.3, -0.25) is 9.69 Å². The quantitative estimate of drug-likeness (QED) is 0.791. The highest BCUT2D eigenvalue weighted by atomic mass is 16.2. The van der Waals surface area contributed by atoms with Crippen LogP contribution in [0.25, 0.3) is 0 Å². The van der Waals surface area contributed by atoms with Gasteiger partial charge < -0.3 is 9.80 Å². The number of fused-ring (bicyclic) bond motifs is 1. The van der Waals surface area contributed by atoms with Crippen molar-refractivity contribution in [2.24, 2.45) is 0 Å². The third kappa shape index (κ3) is 3.87.